The highest BCUT2D eigenvalue weighted by Crippen LogP contribution is 2.39. The molecular weight excluding hydrogens is 521 g/mol. The lowest BCUT2D eigenvalue weighted by Gasteiger charge is -2.29. The molecule has 9 nitrogen and oxygen atoms in total. The first-order valence-electron chi connectivity index (χ1n) is 12.8. The van der Waals surface area contributed by atoms with E-state index in [1.54, 1.807) is 0 Å². The molecule has 1 aromatic heterocycles. The van der Waals surface area contributed by atoms with E-state index in [2.05, 4.69) is 37.4 Å². The minimum Gasteiger partial charge on any atom is -0.479 e. The van der Waals surface area contributed by atoms with Crippen LogP contribution < -0.4 is 10.6 Å². The third-order valence-corrected chi connectivity index (χ3v) is 7.59. The molecule has 0 aliphatic carbocycles. The third-order valence-electron chi connectivity index (χ3n) is 6.69. The predicted molar refractivity (Wildman–Crippen MR) is 140 cm³/mol. The van der Waals surface area contributed by atoms with Crippen molar-refractivity contribution in [2.24, 2.45) is 15.9 Å². The van der Waals surface area contributed by atoms with E-state index in [-0.39, 0.29) is 30.0 Å². The van der Waals surface area contributed by atoms with Crippen molar-refractivity contribution in [1.29, 1.82) is 0 Å². The topological polar surface area (TPSA) is 111 Å². The van der Waals surface area contributed by atoms with Crippen LogP contribution in [0.25, 0.3) is 5.57 Å². The summed E-state index contributed by atoms with van der Waals surface area (Å²) in [5.74, 6) is -0.643. The number of amidine groups is 1. The Morgan fingerprint density at radius 1 is 1.32 bits per heavy atom. The molecule has 0 radical (unpaired) electrons. The van der Waals surface area contributed by atoms with E-state index in [9.17, 15) is 23.1 Å². The SMILES string of the molecule is CCCNCNC1=NCC(C2CC(C(=O)O)=CN=C2OCCN2CCCC2)=C(c2nc(C(F)(F)F)cs2)C1. The van der Waals surface area contributed by atoms with Crippen LogP contribution in [0.2, 0.25) is 0 Å². The largest absolute Gasteiger partial charge is 0.479 e. The van der Waals surface area contributed by atoms with Gasteiger partial charge in [0.1, 0.15) is 17.5 Å². The molecular formula is C25H33F3N6O3S. The molecule has 1 aromatic rings. The van der Waals surface area contributed by atoms with Crippen molar-refractivity contribution >= 4 is 34.6 Å². The van der Waals surface area contributed by atoms with Crippen LogP contribution in [-0.4, -0.2) is 78.7 Å². The van der Waals surface area contributed by atoms with E-state index in [1.165, 1.54) is 6.20 Å². The summed E-state index contributed by atoms with van der Waals surface area (Å²) >= 11 is 0.922. The number of hydrogen-bond donors (Lipinski definition) is 3. The molecule has 0 amide bonds. The van der Waals surface area contributed by atoms with Gasteiger partial charge in [-0.05, 0) is 56.5 Å². The Balaban J connectivity index is 1.61. The van der Waals surface area contributed by atoms with Gasteiger partial charge in [0.05, 0.1) is 24.7 Å². The maximum atomic E-state index is 13.4. The van der Waals surface area contributed by atoms with Crippen LogP contribution in [-0.2, 0) is 15.7 Å². The third kappa shape index (κ3) is 7.20. The zero-order valence-corrected chi connectivity index (χ0v) is 22.1. The molecule has 38 heavy (non-hydrogen) atoms. The first-order valence-corrected chi connectivity index (χ1v) is 13.7. The molecule has 3 aliphatic heterocycles. The maximum absolute atomic E-state index is 13.4. The second-order valence-corrected chi connectivity index (χ2v) is 10.3. The van der Waals surface area contributed by atoms with Gasteiger partial charge in [0.15, 0.2) is 11.6 Å². The second kappa shape index (κ2) is 12.9. The zero-order chi connectivity index (χ0) is 27.1. The quantitative estimate of drug-likeness (QED) is 0.298. The minimum atomic E-state index is -4.56. The number of ether oxygens (including phenoxy) is 1. The highest BCUT2D eigenvalue weighted by atomic mass is 32.1. The number of halogens is 3. The minimum absolute atomic E-state index is 0.112. The number of carbonyl (C=O) groups is 1. The Hall–Kier alpha value is -2.77. The lowest BCUT2D eigenvalue weighted by Crippen LogP contribution is -2.37. The molecule has 208 valence electrons. The monoisotopic (exact) mass is 554 g/mol. The van der Waals surface area contributed by atoms with Crippen LogP contribution in [0.1, 0.15) is 49.7 Å². The molecule has 3 aliphatic rings. The molecule has 4 heterocycles. The maximum Gasteiger partial charge on any atom is 0.434 e. The Morgan fingerprint density at radius 2 is 2.11 bits per heavy atom. The van der Waals surface area contributed by atoms with Crippen molar-refractivity contribution < 1.29 is 27.8 Å². The van der Waals surface area contributed by atoms with Crippen LogP contribution >= 0.6 is 11.3 Å². The van der Waals surface area contributed by atoms with E-state index >= 15 is 0 Å². The second-order valence-electron chi connectivity index (χ2n) is 9.41. The molecule has 3 N–H and O–H groups in total. The van der Waals surface area contributed by atoms with E-state index in [0.717, 1.165) is 62.2 Å². The summed E-state index contributed by atoms with van der Waals surface area (Å²) in [7, 11) is 0. The molecule has 1 saturated heterocycles. The number of alkyl halides is 3. The Kier molecular flexibility index (Phi) is 9.55. The van der Waals surface area contributed by atoms with Gasteiger partial charge in [-0.1, -0.05) is 6.92 Å². The molecule has 1 unspecified atom stereocenters. The fraction of sp³-hybridized carbons (Fsp3) is 0.600. The number of dihydropyridines is 1. The smallest absolute Gasteiger partial charge is 0.434 e. The summed E-state index contributed by atoms with van der Waals surface area (Å²) in [6, 6.07) is 0. The van der Waals surface area contributed by atoms with Gasteiger partial charge in [-0.3, -0.25) is 9.89 Å². The van der Waals surface area contributed by atoms with Crippen LogP contribution in [0.15, 0.2) is 32.7 Å². The summed E-state index contributed by atoms with van der Waals surface area (Å²) in [4.78, 5) is 27.0. The highest BCUT2D eigenvalue weighted by Gasteiger charge is 2.37. The molecule has 4 rings (SSSR count). The summed E-state index contributed by atoms with van der Waals surface area (Å²) in [6.07, 6.45) is 0.375. The van der Waals surface area contributed by atoms with Crippen molar-refractivity contribution in [1.82, 2.24) is 20.5 Å². The van der Waals surface area contributed by atoms with Crippen molar-refractivity contribution in [3.63, 3.8) is 0 Å². The zero-order valence-electron chi connectivity index (χ0n) is 21.3. The Bertz CT molecular complexity index is 1120. The summed E-state index contributed by atoms with van der Waals surface area (Å²) in [5, 5.41) is 17.3. The lowest BCUT2D eigenvalue weighted by atomic mass is 9.85. The molecule has 0 bridgehead atoms. The standard InChI is InChI=1S/C25H33F3N6O3S/c1-2-5-29-15-32-21-11-18(23-33-20(14-38-23)25(26,27)28)19(13-30-21)17-10-16(24(35)36)12-31-22(17)37-9-8-34-6-3-4-7-34/h12,14,17,29H,2-11,13,15H2,1H3,(H,30,32)(H,35,36). The lowest BCUT2D eigenvalue weighted by molar-refractivity contribution is -0.140. The Morgan fingerprint density at radius 3 is 2.79 bits per heavy atom. The van der Waals surface area contributed by atoms with Crippen LogP contribution in [0.3, 0.4) is 0 Å². The number of nitrogens with one attached hydrogen (secondary N) is 2. The van der Waals surface area contributed by atoms with Gasteiger partial charge in [0, 0.05) is 24.5 Å². The predicted octanol–water partition coefficient (Wildman–Crippen LogP) is 3.76. The number of likely N-dealkylation sites (tertiary alicyclic amines) is 1. The molecule has 1 atom stereocenters. The van der Waals surface area contributed by atoms with Crippen molar-refractivity contribution in [2.45, 2.75) is 45.2 Å². The van der Waals surface area contributed by atoms with E-state index in [1.807, 2.05) is 0 Å². The number of carboxylic acid groups (broad SMARTS) is 1. The number of hydrogen-bond acceptors (Lipinski definition) is 9. The van der Waals surface area contributed by atoms with Crippen LogP contribution in [0.4, 0.5) is 13.2 Å². The van der Waals surface area contributed by atoms with E-state index < -0.39 is 23.8 Å². The number of aromatic nitrogens is 1. The summed E-state index contributed by atoms with van der Waals surface area (Å²) in [5.41, 5.74) is 0.454. The van der Waals surface area contributed by atoms with Gasteiger partial charge >= 0.3 is 12.1 Å². The fourth-order valence-corrected chi connectivity index (χ4v) is 5.57. The van der Waals surface area contributed by atoms with Gasteiger partial charge in [-0.2, -0.15) is 13.2 Å². The average Bonchev–Trinajstić information content (AvgIpc) is 3.59. The number of carboxylic acids is 1. The molecule has 0 aromatic carbocycles. The van der Waals surface area contributed by atoms with Gasteiger partial charge < -0.3 is 20.5 Å². The Labute approximate surface area is 223 Å². The van der Waals surface area contributed by atoms with Gasteiger partial charge in [0.2, 0.25) is 0 Å². The van der Waals surface area contributed by atoms with Crippen molar-refractivity contribution in [2.75, 3.05) is 46.0 Å². The first kappa shape index (κ1) is 28.2. The molecule has 1 fully saturated rings. The van der Waals surface area contributed by atoms with E-state index in [4.69, 9.17) is 4.74 Å². The molecule has 13 heteroatoms. The summed E-state index contributed by atoms with van der Waals surface area (Å²) < 4.78 is 46.2. The summed E-state index contributed by atoms with van der Waals surface area (Å²) in [6.45, 7) is 6.67. The number of aliphatic imine (C=N–C) groups is 2. The molecule has 0 spiro atoms. The van der Waals surface area contributed by atoms with Gasteiger partial charge in [-0.15, -0.1) is 11.3 Å². The highest BCUT2D eigenvalue weighted by molar-refractivity contribution is 7.10. The normalized spacial score (nSPS) is 20.7. The first-order chi connectivity index (χ1) is 18.3. The number of rotatable bonds is 10. The van der Waals surface area contributed by atoms with Crippen molar-refractivity contribution in [3.8, 4) is 0 Å². The number of aliphatic carboxylic acids is 1. The van der Waals surface area contributed by atoms with Gasteiger partial charge in [-0.25, -0.2) is 14.8 Å². The van der Waals surface area contributed by atoms with Crippen LogP contribution in [0.5, 0.6) is 0 Å². The molecule has 0 saturated carbocycles. The van der Waals surface area contributed by atoms with Gasteiger partial charge in [0.25, 0.3) is 0 Å². The number of nitrogens with zero attached hydrogens (tertiary/aromatic N) is 4. The average molecular weight is 555 g/mol. The van der Waals surface area contributed by atoms with Crippen molar-refractivity contribution in [3.05, 3.63) is 33.4 Å². The van der Waals surface area contributed by atoms with Crippen LogP contribution in [0, 0.1) is 5.92 Å². The number of thiazole rings is 1. The fourth-order valence-electron chi connectivity index (χ4n) is 4.67. The van der Waals surface area contributed by atoms with E-state index in [0.29, 0.717) is 36.2 Å².